The number of rotatable bonds is 4. The number of hydrogen-bond acceptors (Lipinski definition) is 6. The molecular weight excluding hydrogens is 264 g/mol. The van der Waals surface area contributed by atoms with Gasteiger partial charge >= 0.3 is 5.97 Å². The van der Waals surface area contributed by atoms with Gasteiger partial charge in [-0.1, -0.05) is 0 Å². The highest BCUT2D eigenvalue weighted by Gasteiger charge is 2.14. The van der Waals surface area contributed by atoms with Crippen molar-refractivity contribution in [3.05, 3.63) is 39.8 Å². The second-order valence-electron chi connectivity index (χ2n) is 3.89. The average Bonchev–Trinajstić information content (AvgIpc) is 2.81. The van der Waals surface area contributed by atoms with Crippen LogP contribution in [0.15, 0.2) is 23.6 Å². The fraction of sp³-hybridized carbons (Fsp3) is 0.231. The third-order valence-corrected chi connectivity index (χ3v) is 3.28. The molecular formula is C13H14N2O3S. The smallest absolute Gasteiger partial charge is 0.342 e. The number of methoxy groups -OCH3 is 1. The summed E-state index contributed by atoms with van der Waals surface area (Å²) in [4.78, 5) is 16.2. The quantitative estimate of drug-likeness (QED) is 0.686. The SMILES string of the molecule is COc1ccc(N)cc1C(=O)OCc1csc(C)n1. The van der Waals surface area contributed by atoms with Gasteiger partial charge in [0.05, 0.1) is 17.8 Å². The average molecular weight is 278 g/mol. The van der Waals surface area contributed by atoms with Crippen LogP contribution in [-0.4, -0.2) is 18.1 Å². The number of aryl methyl sites for hydroxylation is 1. The van der Waals surface area contributed by atoms with Crippen LogP contribution in [-0.2, 0) is 11.3 Å². The number of carbonyl (C=O) groups is 1. The molecule has 100 valence electrons. The molecule has 0 fully saturated rings. The number of carbonyl (C=O) groups excluding carboxylic acids is 1. The highest BCUT2D eigenvalue weighted by molar-refractivity contribution is 7.09. The molecule has 0 bridgehead atoms. The number of anilines is 1. The predicted octanol–water partition coefficient (Wildman–Crippen LogP) is 2.40. The van der Waals surface area contributed by atoms with Gasteiger partial charge in [0.25, 0.3) is 0 Å². The summed E-state index contributed by atoms with van der Waals surface area (Å²) in [5, 5.41) is 2.80. The summed E-state index contributed by atoms with van der Waals surface area (Å²) in [6, 6.07) is 4.84. The summed E-state index contributed by atoms with van der Waals surface area (Å²) < 4.78 is 10.3. The number of thiazole rings is 1. The van der Waals surface area contributed by atoms with Crippen LogP contribution in [0.4, 0.5) is 5.69 Å². The van der Waals surface area contributed by atoms with E-state index in [-0.39, 0.29) is 6.61 Å². The van der Waals surface area contributed by atoms with Crippen molar-refractivity contribution in [1.82, 2.24) is 4.98 Å². The maximum absolute atomic E-state index is 12.0. The van der Waals surface area contributed by atoms with Crippen LogP contribution in [0.2, 0.25) is 0 Å². The summed E-state index contributed by atoms with van der Waals surface area (Å²) in [5.41, 5.74) is 7.19. The van der Waals surface area contributed by atoms with Crippen LogP contribution in [0.3, 0.4) is 0 Å². The second-order valence-corrected chi connectivity index (χ2v) is 4.96. The number of nitrogen functional groups attached to an aromatic ring is 1. The lowest BCUT2D eigenvalue weighted by Gasteiger charge is -2.08. The summed E-state index contributed by atoms with van der Waals surface area (Å²) >= 11 is 1.51. The van der Waals surface area contributed by atoms with Crippen LogP contribution < -0.4 is 10.5 Å². The minimum absolute atomic E-state index is 0.140. The lowest BCUT2D eigenvalue weighted by atomic mass is 10.2. The Morgan fingerprint density at radius 3 is 2.89 bits per heavy atom. The van der Waals surface area contributed by atoms with Gasteiger partial charge in [0, 0.05) is 11.1 Å². The van der Waals surface area contributed by atoms with Crippen LogP contribution >= 0.6 is 11.3 Å². The molecule has 1 aromatic heterocycles. The highest BCUT2D eigenvalue weighted by atomic mass is 32.1. The van der Waals surface area contributed by atoms with Crippen molar-refractivity contribution >= 4 is 23.0 Å². The van der Waals surface area contributed by atoms with Crippen molar-refractivity contribution in [3.8, 4) is 5.75 Å². The zero-order valence-corrected chi connectivity index (χ0v) is 11.5. The van der Waals surface area contributed by atoms with Gasteiger partial charge in [0.2, 0.25) is 0 Å². The van der Waals surface area contributed by atoms with Gasteiger partial charge in [-0.05, 0) is 25.1 Å². The van der Waals surface area contributed by atoms with Gasteiger partial charge in [-0.15, -0.1) is 11.3 Å². The maximum Gasteiger partial charge on any atom is 0.342 e. The van der Waals surface area contributed by atoms with Crippen LogP contribution in [0.25, 0.3) is 0 Å². The number of esters is 1. The molecule has 0 aliphatic carbocycles. The van der Waals surface area contributed by atoms with Crippen LogP contribution in [0.5, 0.6) is 5.75 Å². The van der Waals surface area contributed by atoms with E-state index in [2.05, 4.69) is 4.98 Å². The van der Waals surface area contributed by atoms with Crippen molar-refractivity contribution in [2.75, 3.05) is 12.8 Å². The second kappa shape index (κ2) is 5.71. The minimum Gasteiger partial charge on any atom is -0.496 e. The fourth-order valence-electron chi connectivity index (χ4n) is 1.58. The first kappa shape index (κ1) is 13.4. The van der Waals surface area contributed by atoms with Gasteiger partial charge < -0.3 is 15.2 Å². The first-order valence-electron chi connectivity index (χ1n) is 5.62. The molecule has 1 aromatic carbocycles. The molecule has 0 saturated heterocycles. The minimum atomic E-state index is -0.477. The molecule has 2 aromatic rings. The molecule has 0 spiro atoms. The van der Waals surface area contributed by atoms with Gasteiger partial charge in [-0.3, -0.25) is 0 Å². The Morgan fingerprint density at radius 1 is 1.47 bits per heavy atom. The van der Waals surface area contributed by atoms with Crippen LogP contribution in [0, 0.1) is 6.92 Å². The van der Waals surface area contributed by atoms with Crippen molar-refractivity contribution in [1.29, 1.82) is 0 Å². The van der Waals surface area contributed by atoms with Crippen molar-refractivity contribution in [2.24, 2.45) is 0 Å². The number of hydrogen-bond donors (Lipinski definition) is 1. The molecule has 2 rings (SSSR count). The lowest BCUT2D eigenvalue weighted by Crippen LogP contribution is -2.08. The zero-order valence-electron chi connectivity index (χ0n) is 10.7. The van der Waals surface area contributed by atoms with E-state index >= 15 is 0 Å². The zero-order chi connectivity index (χ0) is 13.8. The van der Waals surface area contributed by atoms with Crippen molar-refractivity contribution in [2.45, 2.75) is 13.5 Å². The predicted molar refractivity (Wildman–Crippen MR) is 73.4 cm³/mol. The molecule has 0 saturated carbocycles. The van der Waals surface area contributed by atoms with E-state index in [0.29, 0.717) is 17.0 Å². The number of aromatic nitrogens is 1. The Morgan fingerprint density at radius 2 is 2.26 bits per heavy atom. The number of nitrogens with zero attached hydrogens (tertiary/aromatic N) is 1. The molecule has 6 heteroatoms. The van der Waals surface area contributed by atoms with E-state index in [9.17, 15) is 4.79 Å². The highest BCUT2D eigenvalue weighted by Crippen LogP contribution is 2.22. The number of nitrogens with two attached hydrogens (primary N) is 1. The molecule has 2 N–H and O–H groups in total. The van der Waals surface area contributed by atoms with Crippen molar-refractivity contribution in [3.63, 3.8) is 0 Å². The molecule has 0 unspecified atom stereocenters. The van der Waals surface area contributed by atoms with Gasteiger partial charge in [0.15, 0.2) is 0 Å². The summed E-state index contributed by atoms with van der Waals surface area (Å²) in [5.74, 6) is -0.0385. The van der Waals surface area contributed by atoms with Crippen LogP contribution in [0.1, 0.15) is 21.1 Å². The molecule has 0 atom stereocenters. The standard InChI is InChI=1S/C13H14N2O3S/c1-8-15-10(7-19-8)6-18-13(16)11-5-9(14)3-4-12(11)17-2/h3-5,7H,6,14H2,1-2H3. The Kier molecular flexibility index (Phi) is 4.01. The first-order chi connectivity index (χ1) is 9.10. The van der Waals surface area contributed by atoms with E-state index < -0.39 is 5.97 Å². The number of ether oxygens (including phenoxy) is 2. The van der Waals surface area contributed by atoms with Gasteiger partial charge in [-0.2, -0.15) is 0 Å². The normalized spacial score (nSPS) is 10.2. The Bertz CT molecular complexity index is 595. The Balaban J connectivity index is 2.09. The Labute approximate surface area is 115 Å². The Hall–Kier alpha value is -2.08. The third-order valence-electron chi connectivity index (χ3n) is 2.46. The summed E-state index contributed by atoms with van der Waals surface area (Å²) in [7, 11) is 1.49. The maximum atomic E-state index is 12.0. The van der Waals surface area contributed by atoms with E-state index in [0.717, 1.165) is 10.7 Å². The molecule has 0 aliphatic heterocycles. The van der Waals surface area contributed by atoms with Gasteiger partial charge in [-0.25, -0.2) is 9.78 Å². The fourth-order valence-corrected chi connectivity index (χ4v) is 2.17. The van der Waals surface area contributed by atoms with Gasteiger partial charge in [0.1, 0.15) is 17.9 Å². The summed E-state index contributed by atoms with van der Waals surface area (Å²) in [6.45, 7) is 2.04. The molecule has 0 aliphatic rings. The van der Waals surface area contributed by atoms with E-state index in [1.54, 1.807) is 12.1 Å². The monoisotopic (exact) mass is 278 g/mol. The molecule has 0 amide bonds. The lowest BCUT2D eigenvalue weighted by molar-refractivity contribution is 0.0464. The summed E-state index contributed by atoms with van der Waals surface area (Å²) in [6.07, 6.45) is 0. The third kappa shape index (κ3) is 3.23. The number of benzene rings is 1. The largest absolute Gasteiger partial charge is 0.496 e. The molecule has 1 heterocycles. The van der Waals surface area contributed by atoms with E-state index in [1.165, 1.54) is 24.5 Å². The van der Waals surface area contributed by atoms with E-state index in [1.807, 2.05) is 12.3 Å². The topological polar surface area (TPSA) is 74.4 Å². The molecule has 0 radical (unpaired) electrons. The van der Waals surface area contributed by atoms with Crippen molar-refractivity contribution < 1.29 is 14.3 Å². The molecule has 19 heavy (non-hydrogen) atoms. The van der Waals surface area contributed by atoms with E-state index in [4.69, 9.17) is 15.2 Å². The molecule has 5 nitrogen and oxygen atoms in total. The first-order valence-corrected chi connectivity index (χ1v) is 6.49.